The molecular weight excluding hydrogens is 400 g/mol. The molecule has 1 N–H and O–H groups in total. The molecule has 0 aliphatic carbocycles. The number of amides is 2. The van der Waals surface area contributed by atoms with E-state index in [4.69, 9.17) is 4.74 Å². The van der Waals surface area contributed by atoms with Crippen LogP contribution in [0.25, 0.3) is 0 Å². The van der Waals surface area contributed by atoms with Crippen LogP contribution in [0.15, 0.2) is 84.9 Å². The van der Waals surface area contributed by atoms with Crippen LogP contribution in [0.2, 0.25) is 0 Å². The summed E-state index contributed by atoms with van der Waals surface area (Å²) in [6, 6.07) is 26.6. The van der Waals surface area contributed by atoms with Crippen LogP contribution in [-0.4, -0.2) is 29.9 Å². The Bertz CT molecular complexity index is 988. The summed E-state index contributed by atoms with van der Waals surface area (Å²) >= 11 is 0. The number of methoxy groups -OCH3 is 1. The summed E-state index contributed by atoms with van der Waals surface area (Å²) in [6.07, 6.45) is 0.789. The molecule has 0 aliphatic heterocycles. The Morgan fingerprint density at radius 2 is 1.44 bits per heavy atom. The molecule has 0 spiro atoms. The highest BCUT2D eigenvalue weighted by atomic mass is 16.5. The van der Waals surface area contributed by atoms with Gasteiger partial charge in [0.15, 0.2) is 0 Å². The maximum Gasteiger partial charge on any atom is 0.243 e. The molecule has 3 rings (SSSR count). The molecule has 5 nitrogen and oxygen atoms in total. The second-order valence-corrected chi connectivity index (χ2v) is 7.63. The summed E-state index contributed by atoms with van der Waals surface area (Å²) in [7, 11) is 1.62. The van der Waals surface area contributed by atoms with Crippen LogP contribution in [0.5, 0.6) is 5.75 Å². The summed E-state index contributed by atoms with van der Waals surface area (Å²) in [6.45, 7) is 2.60. The third-order valence-corrected chi connectivity index (χ3v) is 5.40. The maximum atomic E-state index is 13.4. The fourth-order valence-corrected chi connectivity index (χ4v) is 3.59. The van der Waals surface area contributed by atoms with Gasteiger partial charge < -0.3 is 15.0 Å². The molecule has 3 aromatic carbocycles. The van der Waals surface area contributed by atoms with E-state index in [0.717, 1.165) is 22.4 Å². The van der Waals surface area contributed by atoms with Crippen molar-refractivity contribution in [2.24, 2.45) is 0 Å². The van der Waals surface area contributed by atoms with Crippen LogP contribution in [0.1, 0.15) is 30.0 Å². The van der Waals surface area contributed by atoms with Crippen LogP contribution in [0, 0.1) is 0 Å². The zero-order chi connectivity index (χ0) is 22.8. The molecule has 2 amide bonds. The van der Waals surface area contributed by atoms with E-state index >= 15 is 0 Å². The minimum Gasteiger partial charge on any atom is -0.497 e. The van der Waals surface area contributed by atoms with Gasteiger partial charge in [-0.2, -0.15) is 0 Å². The second kappa shape index (κ2) is 11.7. The van der Waals surface area contributed by atoms with E-state index in [0.29, 0.717) is 25.9 Å². The van der Waals surface area contributed by atoms with Gasteiger partial charge in [0.25, 0.3) is 0 Å². The predicted molar refractivity (Wildman–Crippen MR) is 126 cm³/mol. The first-order valence-corrected chi connectivity index (χ1v) is 10.9. The first kappa shape index (κ1) is 23.1. The van der Waals surface area contributed by atoms with Gasteiger partial charge in [-0.3, -0.25) is 9.59 Å². The highest BCUT2D eigenvalue weighted by Crippen LogP contribution is 2.16. The summed E-state index contributed by atoms with van der Waals surface area (Å²) < 4.78 is 5.19. The molecule has 5 heteroatoms. The Morgan fingerprint density at radius 3 is 2.00 bits per heavy atom. The number of benzene rings is 3. The number of ether oxygens (including phenoxy) is 1. The van der Waals surface area contributed by atoms with Gasteiger partial charge in [-0.1, -0.05) is 79.7 Å². The quantitative estimate of drug-likeness (QED) is 0.520. The van der Waals surface area contributed by atoms with Gasteiger partial charge in [0, 0.05) is 25.9 Å². The van der Waals surface area contributed by atoms with Gasteiger partial charge in [0.05, 0.1) is 7.11 Å². The number of hydrogen-bond acceptors (Lipinski definition) is 3. The van der Waals surface area contributed by atoms with Crippen molar-refractivity contribution in [3.63, 3.8) is 0 Å². The lowest BCUT2D eigenvalue weighted by atomic mass is 10.0. The molecule has 0 radical (unpaired) electrons. The van der Waals surface area contributed by atoms with Gasteiger partial charge in [0.2, 0.25) is 11.8 Å². The zero-order valence-electron chi connectivity index (χ0n) is 18.7. The average Bonchev–Trinajstić information content (AvgIpc) is 2.85. The number of carbonyl (C=O) groups excluding carboxylic acids is 2. The molecule has 166 valence electrons. The van der Waals surface area contributed by atoms with Crippen LogP contribution < -0.4 is 10.1 Å². The summed E-state index contributed by atoms with van der Waals surface area (Å²) in [4.78, 5) is 28.0. The Balaban J connectivity index is 1.82. The number of hydrogen-bond donors (Lipinski definition) is 1. The van der Waals surface area contributed by atoms with Gasteiger partial charge in [-0.25, -0.2) is 0 Å². The van der Waals surface area contributed by atoms with Crippen LogP contribution in [0.4, 0.5) is 0 Å². The fraction of sp³-hybridized carbons (Fsp3) is 0.259. The van der Waals surface area contributed by atoms with Crippen molar-refractivity contribution in [2.45, 2.75) is 38.9 Å². The standard InChI is InChI=1S/C27H30N2O3/c1-3-26(30)29(20-23-12-8-5-9-13-23)25(18-21-10-6-4-7-11-21)27(31)28-19-22-14-16-24(32-2)17-15-22/h4-17,25H,3,18-20H2,1-2H3,(H,28,31)/t25-/m0/s1. The number of rotatable bonds is 10. The molecule has 0 saturated heterocycles. The van der Waals surface area contributed by atoms with E-state index in [1.807, 2.05) is 91.9 Å². The van der Waals surface area contributed by atoms with Crippen LogP contribution >= 0.6 is 0 Å². The van der Waals surface area contributed by atoms with Crippen LogP contribution in [-0.2, 0) is 29.1 Å². The first-order chi connectivity index (χ1) is 15.6. The number of nitrogens with zero attached hydrogens (tertiary/aromatic N) is 1. The first-order valence-electron chi connectivity index (χ1n) is 10.9. The van der Waals surface area contributed by atoms with Crippen molar-refractivity contribution < 1.29 is 14.3 Å². The molecule has 0 heterocycles. The highest BCUT2D eigenvalue weighted by Gasteiger charge is 2.29. The van der Waals surface area contributed by atoms with E-state index in [1.165, 1.54) is 0 Å². The largest absolute Gasteiger partial charge is 0.497 e. The fourth-order valence-electron chi connectivity index (χ4n) is 3.59. The molecule has 1 atom stereocenters. The Labute approximate surface area is 190 Å². The zero-order valence-corrected chi connectivity index (χ0v) is 18.7. The molecule has 0 aliphatic rings. The van der Waals surface area contributed by atoms with Crippen molar-refractivity contribution in [1.29, 1.82) is 0 Å². The smallest absolute Gasteiger partial charge is 0.243 e. The van der Waals surface area contributed by atoms with E-state index in [2.05, 4.69) is 5.32 Å². The van der Waals surface area contributed by atoms with Crippen molar-refractivity contribution in [3.05, 3.63) is 102 Å². The minimum absolute atomic E-state index is 0.0469. The monoisotopic (exact) mass is 430 g/mol. The molecule has 0 unspecified atom stereocenters. The topological polar surface area (TPSA) is 58.6 Å². The molecule has 0 saturated carbocycles. The predicted octanol–water partition coefficient (Wildman–Crippen LogP) is 4.36. The SMILES string of the molecule is CCC(=O)N(Cc1ccccc1)[C@@H](Cc1ccccc1)C(=O)NCc1ccc(OC)cc1. The Morgan fingerprint density at radius 1 is 0.844 bits per heavy atom. The lowest BCUT2D eigenvalue weighted by Crippen LogP contribution is -2.50. The summed E-state index contributed by atoms with van der Waals surface area (Å²) in [5, 5.41) is 3.03. The Hall–Kier alpha value is -3.60. The van der Waals surface area contributed by atoms with Crippen molar-refractivity contribution in [2.75, 3.05) is 7.11 Å². The van der Waals surface area contributed by atoms with E-state index in [9.17, 15) is 9.59 Å². The molecule has 32 heavy (non-hydrogen) atoms. The highest BCUT2D eigenvalue weighted by molar-refractivity contribution is 5.87. The average molecular weight is 431 g/mol. The molecule has 3 aromatic rings. The van der Waals surface area contributed by atoms with Crippen molar-refractivity contribution in [1.82, 2.24) is 10.2 Å². The summed E-state index contributed by atoms with van der Waals surface area (Å²) in [5.74, 6) is 0.557. The lowest BCUT2D eigenvalue weighted by Gasteiger charge is -2.31. The van der Waals surface area contributed by atoms with E-state index < -0.39 is 6.04 Å². The number of nitrogens with one attached hydrogen (secondary N) is 1. The van der Waals surface area contributed by atoms with Crippen molar-refractivity contribution >= 4 is 11.8 Å². The van der Waals surface area contributed by atoms with Crippen LogP contribution in [0.3, 0.4) is 0 Å². The van der Waals surface area contributed by atoms with E-state index in [-0.39, 0.29) is 11.8 Å². The maximum absolute atomic E-state index is 13.4. The van der Waals surface area contributed by atoms with Gasteiger partial charge in [-0.15, -0.1) is 0 Å². The molecular formula is C27H30N2O3. The summed E-state index contributed by atoms with van der Waals surface area (Å²) in [5.41, 5.74) is 2.98. The van der Waals surface area contributed by atoms with Gasteiger partial charge in [-0.05, 0) is 28.8 Å². The normalized spacial score (nSPS) is 11.4. The van der Waals surface area contributed by atoms with Crippen molar-refractivity contribution in [3.8, 4) is 5.75 Å². The van der Waals surface area contributed by atoms with Gasteiger partial charge >= 0.3 is 0 Å². The molecule has 0 aromatic heterocycles. The third-order valence-electron chi connectivity index (χ3n) is 5.40. The third kappa shape index (κ3) is 6.45. The molecule has 0 fully saturated rings. The minimum atomic E-state index is -0.608. The second-order valence-electron chi connectivity index (χ2n) is 7.63. The van der Waals surface area contributed by atoms with Gasteiger partial charge in [0.1, 0.15) is 11.8 Å². The number of carbonyl (C=O) groups is 2. The Kier molecular flexibility index (Phi) is 8.44. The lowest BCUT2D eigenvalue weighted by molar-refractivity contribution is -0.141. The molecule has 0 bridgehead atoms. The van der Waals surface area contributed by atoms with E-state index in [1.54, 1.807) is 12.0 Å².